The highest BCUT2D eigenvalue weighted by Crippen LogP contribution is 2.10. The molecular weight excluding hydrogens is 222 g/mol. The highest BCUT2D eigenvalue weighted by Gasteiger charge is 2.07. The Hall–Kier alpha value is -1.02. The molecule has 0 saturated heterocycles. The topological polar surface area (TPSA) is 29.1 Å². The third kappa shape index (κ3) is 3.86. The maximum Gasteiger partial charge on any atom is 0.237 e. The zero-order valence-electron chi connectivity index (χ0n) is 10.0. The van der Waals surface area contributed by atoms with Crippen LogP contribution in [0.3, 0.4) is 0 Å². The number of amides is 1. The van der Waals surface area contributed by atoms with Gasteiger partial charge in [-0.1, -0.05) is 23.8 Å². The lowest BCUT2D eigenvalue weighted by Gasteiger charge is -2.09. The zero-order chi connectivity index (χ0) is 12.1. The van der Waals surface area contributed by atoms with Crippen LogP contribution < -0.4 is 5.32 Å². The van der Waals surface area contributed by atoms with Crippen molar-refractivity contribution in [3.8, 4) is 0 Å². The summed E-state index contributed by atoms with van der Waals surface area (Å²) in [5.41, 5.74) is 3.79. The third-order valence-electron chi connectivity index (χ3n) is 2.56. The predicted octanol–water partition coefficient (Wildman–Crippen LogP) is 2.59. The van der Waals surface area contributed by atoms with Crippen molar-refractivity contribution < 1.29 is 4.79 Å². The molecule has 0 radical (unpaired) electrons. The monoisotopic (exact) mass is 239 g/mol. The van der Waals surface area contributed by atoms with Gasteiger partial charge in [0, 0.05) is 6.54 Å². The highest BCUT2D eigenvalue weighted by molar-refractivity contribution is 6.30. The molecule has 1 N–H and O–H groups in total. The summed E-state index contributed by atoms with van der Waals surface area (Å²) in [5.74, 6) is -0.105. The van der Waals surface area contributed by atoms with E-state index in [9.17, 15) is 4.79 Å². The first-order valence-electron chi connectivity index (χ1n) is 5.48. The quantitative estimate of drug-likeness (QED) is 0.804. The fraction of sp³-hybridized carbons (Fsp3) is 0.462. The number of benzene rings is 1. The molecule has 1 amide bonds. The molecule has 0 fully saturated rings. The zero-order valence-corrected chi connectivity index (χ0v) is 10.8. The Balaban J connectivity index is 2.49. The minimum Gasteiger partial charge on any atom is -0.354 e. The Labute approximate surface area is 102 Å². The van der Waals surface area contributed by atoms with Gasteiger partial charge in [-0.2, -0.15) is 0 Å². The first-order valence-corrected chi connectivity index (χ1v) is 5.92. The SMILES string of the molecule is Cc1ccc(C)c(CCNC(=O)C(C)Cl)c1. The molecule has 16 heavy (non-hydrogen) atoms. The van der Waals surface area contributed by atoms with Crippen molar-refractivity contribution in [1.29, 1.82) is 0 Å². The molecule has 0 heterocycles. The Bertz CT molecular complexity index is 374. The van der Waals surface area contributed by atoms with E-state index in [0.29, 0.717) is 6.54 Å². The van der Waals surface area contributed by atoms with Gasteiger partial charge in [-0.25, -0.2) is 0 Å². The number of nitrogens with one attached hydrogen (secondary N) is 1. The van der Waals surface area contributed by atoms with Crippen molar-refractivity contribution in [2.75, 3.05) is 6.54 Å². The average Bonchev–Trinajstić information content (AvgIpc) is 2.22. The van der Waals surface area contributed by atoms with Crippen LogP contribution in [0, 0.1) is 13.8 Å². The molecule has 0 aliphatic heterocycles. The molecule has 0 aromatic heterocycles. The number of hydrogen-bond acceptors (Lipinski definition) is 1. The van der Waals surface area contributed by atoms with Crippen LogP contribution in [0.5, 0.6) is 0 Å². The first-order chi connectivity index (χ1) is 7.50. The largest absolute Gasteiger partial charge is 0.354 e. The average molecular weight is 240 g/mol. The molecule has 0 aliphatic carbocycles. The van der Waals surface area contributed by atoms with Crippen LogP contribution in [0.1, 0.15) is 23.6 Å². The van der Waals surface area contributed by atoms with Gasteiger partial charge in [-0.3, -0.25) is 4.79 Å². The van der Waals surface area contributed by atoms with E-state index < -0.39 is 5.38 Å². The van der Waals surface area contributed by atoms with E-state index in [4.69, 9.17) is 11.6 Å². The predicted molar refractivity (Wildman–Crippen MR) is 67.9 cm³/mol. The molecule has 3 heteroatoms. The van der Waals surface area contributed by atoms with Crippen molar-refractivity contribution in [1.82, 2.24) is 5.32 Å². The van der Waals surface area contributed by atoms with Crippen LogP contribution in [-0.4, -0.2) is 17.8 Å². The summed E-state index contributed by atoms with van der Waals surface area (Å²) in [6.45, 7) is 6.47. The van der Waals surface area contributed by atoms with Gasteiger partial charge in [0.1, 0.15) is 5.38 Å². The van der Waals surface area contributed by atoms with Gasteiger partial charge in [0.15, 0.2) is 0 Å². The molecule has 1 unspecified atom stereocenters. The number of rotatable bonds is 4. The summed E-state index contributed by atoms with van der Waals surface area (Å²) in [7, 11) is 0. The minimum atomic E-state index is -0.460. The molecular formula is C13H18ClNO. The Morgan fingerprint density at radius 3 is 2.75 bits per heavy atom. The number of hydrogen-bond donors (Lipinski definition) is 1. The van der Waals surface area contributed by atoms with Crippen LogP contribution in [-0.2, 0) is 11.2 Å². The van der Waals surface area contributed by atoms with Crippen molar-refractivity contribution >= 4 is 17.5 Å². The van der Waals surface area contributed by atoms with Crippen LogP contribution in [0.15, 0.2) is 18.2 Å². The second kappa shape index (κ2) is 5.90. The van der Waals surface area contributed by atoms with Crippen LogP contribution in [0.25, 0.3) is 0 Å². The van der Waals surface area contributed by atoms with E-state index in [-0.39, 0.29) is 5.91 Å². The normalized spacial score (nSPS) is 12.2. The Morgan fingerprint density at radius 2 is 2.12 bits per heavy atom. The summed E-state index contributed by atoms with van der Waals surface area (Å²) in [5, 5.41) is 2.35. The molecule has 1 atom stereocenters. The van der Waals surface area contributed by atoms with E-state index in [0.717, 1.165) is 6.42 Å². The van der Waals surface area contributed by atoms with E-state index in [2.05, 4.69) is 37.4 Å². The number of carbonyl (C=O) groups is 1. The van der Waals surface area contributed by atoms with Crippen molar-refractivity contribution in [2.24, 2.45) is 0 Å². The second-order valence-electron chi connectivity index (χ2n) is 4.09. The number of carbonyl (C=O) groups excluding carboxylic acids is 1. The molecule has 88 valence electrons. The van der Waals surface area contributed by atoms with Gasteiger partial charge < -0.3 is 5.32 Å². The van der Waals surface area contributed by atoms with Gasteiger partial charge in [-0.05, 0) is 38.3 Å². The minimum absolute atomic E-state index is 0.105. The van der Waals surface area contributed by atoms with E-state index in [1.165, 1.54) is 16.7 Å². The molecule has 0 spiro atoms. The lowest BCUT2D eigenvalue weighted by Crippen LogP contribution is -2.31. The third-order valence-corrected chi connectivity index (χ3v) is 2.76. The van der Waals surface area contributed by atoms with E-state index in [1.807, 2.05) is 0 Å². The summed E-state index contributed by atoms with van der Waals surface area (Å²) in [6, 6.07) is 6.36. The van der Waals surface area contributed by atoms with Gasteiger partial charge in [0.2, 0.25) is 5.91 Å². The number of aryl methyl sites for hydroxylation is 2. The van der Waals surface area contributed by atoms with Crippen LogP contribution in [0.2, 0.25) is 0 Å². The fourth-order valence-electron chi connectivity index (χ4n) is 1.53. The smallest absolute Gasteiger partial charge is 0.237 e. The molecule has 1 rings (SSSR count). The molecule has 1 aromatic carbocycles. The van der Waals surface area contributed by atoms with Gasteiger partial charge >= 0.3 is 0 Å². The Kier molecular flexibility index (Phi) is 4.81. The lowest BCUT2D eigenvalue weighted by atomic mass is 10.0. The van der Waals surface area contributed by atoms with Crippen molar-refractivity contribution in [3.05, 3.63) is 34.9 Å². The fourth-order valence-corrected chi connectivity index (χ4v) is 1.61. The van der Waals surface area contributed by atoms with Gasteiger partial charge in [0.05, 0.1) is 0 Å². The first kappa shape index (κ1) is 13.0. The number of alkyl halides is 1. The molecule has 0 bridgehead atoms. The summed E-state index contributed by atoms with van der Waals surface area (Å²) in [4.78, 5) is 11.2. The highest BCUT2D eigenvalue weighted by atomic mass is 35.5. The standard InChI is InChI=1S/C13H18ClNO/c1-9-4-5-10(2)12(8-9)6-7-15-13(16)11(3)14/h4-5,8,11H,6-7H2,1-3H3,(H,15,16). The maximum atomic E-state index is 11.2. The molecule has 1 aromatic rings. The summed E-state index contributed by atoms with van der Waals surface area (Å²) >= 11 is 5.65. The van der Waals surface area contributed by atoms with Gasteiger partial charge in [-0.15, -0.1) is 11.6 Å². The molecule has 2 nitrogen and oxygen atoms in total. The van der Waals surface area contributed by atoms with E-state index >= 15 is 0 Å². The Morgan fingerprint density at radius 1 is 1.44 bits per heavy atom. The van der Waals surface area contributed by atoms with Crippen molar-refractivity contribution in [2.45, 2.75) is 32.6 Å². The van der Waals surface area contributed by atoms with Crippen molar-refractivity contribution in [3.63, 3.8) is 0 Å². The van der Waals surface area contributed by atoms with Crippen LogP contribution >= 0.6 is 11.6 Å². The maximum absolute atomic E-state index is 11.2. The summed E-state index contributed by atoms with van der Waals surface area (Å²) in [6.07, 6.45) is 0.850. The summed E-state index contributed by atoms with van der Waals surface area (Å²) < 4.78 is 0. The molecule has 0 aliphatic rings. The second-order valence-corrected chi connectivity index (χ2v) is 4.74. The van der Waals surface area contributed by atoms with E-state index in [1.54, 1.807) is 6.92 Å². The van der Waals surface area contributed by atoms with Gasteiger partial charge in [0.25, 0.3) is 0 Å². The van der Waals surface area contributed by atoms with Crippen LogP contribution in [0.4, 0.5) is 0 Å². The lowest BCUT2D eigenvalue weighted by molar-refractivity contribution is -0.120. The number of halogens is 1. The molecule has 0 saturated carbocycles.